The van der Waals surface area contributed by atoms with Gasteiger partial charge in [-0.1, -0.05) is 18.2 Å². The monoisotopic (exact) mass is 345 g/mol. The average Bonchev–Trinajstić information content (AvgIpc) is 2.65. The number of pyridine rings is 1. The molecule has 3 rings (SSSR count). The van der Waals surface area contributed by atoms with E-state index in [2.05, 4.69) is 26.2 Å². The summed E-state index contributed by atoms with van der Waals surface area (Å²) in [5.74, 6) is -0.477. The van der Waals surface area contributed by atoms with Crippen LogP contribution < -0.4 is 5.32 Å². The number of halogens is 1. The summed E-state index contributed by atoms with van der Waals surface area (Å²) in [7, 11) is 0. The van der Waals surface area contributed by atoms with Gasteiger partial charge in [-0.25, -0.2) is 4.98 Å². The number of fused-ring (bicyclic) bond motifs is 1. The van der Waals surface area contributed by atoms with Crippen LogP contribution in [0.4, 0.5) is 5.69 Å². The number of nitrogens with one attached hydrogen (secondary N) is 1. The number of hydrogen-bond acceptors (Lipinski definition) is 3. The van der Waals surface area contributed by atoms with Gasteiger partial charge in [-0.2, -0.15) is 0 Å². The fourth-order valence-corrected chi connectivity index (χ4v) is 2.67. The summed E-state index contributed by atoms with van der Waals surface area (Å²) in [5.41, 5.74) is 1.96. The van der Waals surface area contributed by atoms with Crippen molar-refractivity contribution in [1.82, 2.24) is 9.88 Å². The Kier molecular flexibility index (Phi) is 3.70. The van der Waals surface area contributed by atoms with Crippen LogP contribution in [0.2, 0.25) is 0 Å². The normalized spacial score (nSPS) is 14.1. The first kappa shape index (κ1) is 13.8. The Morgan fingerprint density at radius 3 is 2.81 bits per heavy atom. The molecule has 2 aromatic rings. The fraction of sp³-hybridized carbons (Fsp3) is 0.133. The van der Waals surface area contributed by atoms with Crippen LogP contribution in [-0.2, 0) is 11.3 Å². The van der Waals surface area contributed by atoms with E-state index in [1.54, 1.807) is 18.3 Å². The molecule has 106 valence electrons. The van der Waals surface area contributed by atoms with Crippen molar-refractivity contribution in [3.05, 3.63) is 58.3 Å². The van der Waals surface area contributed by atoms with Crippen molar-refractivity contribution in [2.45, 2.75) is 6.54 Å². The molecule has 1 aromatic carbocycles. The predicted octanol–water partition coefficient (Wildman–Crippen LogP) is 2.44. The van der Waals surface area contributed by atoms with Crippen LogP contribution in [0, 0.1) is 0 Å². The van der Waals surface area contributed by atoms with E-state index in [4.69, 9.17) is 0 Å². The first-order valence-corrected chi connectivity index (χ1v) is 7.22. The van der Waals surface area contributed by atoms with E-state index in [9.17, 15) is 9.59 Å². The molecule has 0 saturated carbocycles. The number of benzene rings is 1. The molecule has 1 aromatic heterocycles. The summed E-state index contributed by atoms with van der Waals surface area (Å²) in [6, 6.07) is 11.0. The van der Waals surface area contributed by atoms with Crippen molar-refractivity contribution in [2.24, 2.45) is 0 Å². The highest BCUT2D eigenvalue weighted by Crippen LogP contribution is 2.22. The molecule has 1 N–H and O–H groups in total. The Morgan fingerprint density at radius 2 is 2.00 bits per heavy atom. The third kappa shape index (κ3) is 2.80. The van der Waals surface area contributed by atoms with Crippen molar-refractivity contribution >= 4 is 33.4 Å². The summed E-state index contributed by atoms with van der Waals surface area (Å²) in [6.45, 7) is 0.382. The van der Waals surface area contributed by atoms with Crippen molar-refractivity contribution in [1.29, 1.82) is 0 Å². The van der Waals surface area contributed by atoms with Crippen molar-refractivity contribution in [2.75, 3.05) is 11.9 Å². The van der Waals surface area contributed by atoms with Crippen molar-refractivity contribution in [3.63, 3.8) is 0 Å². The number of rotatable bonds is 1. The Balaban J connectivity index is 1.94. The number of para-hydroxylation sites is 1. The van der Waals surface area contributed by atoms with Crippen LogP contribution in [-0.4, -0.2) is 28.2 Å². The molecule has 21 heavy (non-hydrogen) atoms. The van der Waals surface area contributed by atoms with Gasteiger partial charge in [-0.3, -0.25) is 9.59 Å². The molecule has 2 heterocycles. The molecular formula is C15H12BrN3O2. The number of carbonyl (C=O) groups is 2. The van der Waals surface area contributed by atoms with Crippen LogP contribution >= 0.6 is 15.9 Å². The lowest BCUT2D eigenvalue weighted by Gasteiger charge is -2.19. The molecule has 0 bridgehead atoms. The SMILES string of the molecule is O=C1CN(C(=O)c2ncccc2Br)Cc2ccccc2N1. The van der Waals surface area contributed by atoms with Crippen LogP contribution in [0.1, 0.15) is 16.1 Å². The van der Waals surface area contributed by atoms with Gasteiger partial charge < -0.3 is 10.2 Å². The summed E-state index contributed by atoms with van der Waals surface area (Å²) < 4.78 is 0.618. The molecule has 0 fully saturated rings. The Labute approximate surface area is 130 Å². The van der Waals surface area contributed by atoms with Gasteiger partial charge in [-0.15, -0.1) is 0 Å². The van der Waals surface area contributed by atoms with Gasteiger partial charge in [-0.05, 0) is 39.7 Å². The molecule has 0 atom stereocenters. The molecule has 1 aliphatic rings. The molecule has 0 aliphatic carbocycles. The lowest BCUT2D eigenvalue weighted by molar-refractivity contribution is -0.116. The quantitative estimate of drug-likeness (QED) is 0.863. The largest absolute Gasteiger partial charge is 0.324 e. The summed E-state index contributed by atoms with van der Waals surface area (Å²) in [5, 5.41) is 2.81. The molecule has 0 saturated heterocycles. The van der Waals surface area contributed by atoms with E-state index in [-0.39, 0.29) is 18.4 Å². The van der Waals surface area contributed by atoms with E-state index in [1.165, 1.54) is 4.90 Å². The Bertz CT molecular complexity index is 718. The summed E-state index contributed by atoms with van der Waals surface area (Å²) in [6.07, 6.45) is 1.56. The number of aromatic nitrogens is 1. The van der Waals surface area contributed by atoms with E-state index < -0.39 is 0 Å². The molecule has 6 heteroatoms. The highest BCUT2D eigenvalue weighted by Gasteiger charge is 2.25. The molecule has 0 radical (unpaired) electrons. The lowest BCUT2D eigenvalue weighted by atomic mass is 10.1. The van der Waals surface area contributed by atoms with E-state index in [0.29, 0.717) is 16.7 Å². The second kappa shape index (κ2) is 5.65. The highest BCUT2D eigenvalue weighted by molar-refractivity contribution is 9.10. The van der Waals surface area contributed by atoms with E-state index in [0.717, 1.165) is 11.3 Å². The van der Waals surface area contributed by atoms with Crippen LogP contribution in [0.25, 0.3) is 0 Å². The molecular weight excluding hydrogens is 334 g/mol. The molecule has 1 aliphatic heterocycles. The van der Waals surface area contributed by atoms with Crippen LogP contribution in [0.3, 0.4) is 0 Å². The molecule has 0 spiro atoms. The average molecular weight is 346 g/mol. The van der Waals surface area contributed by atoms with E-state index >= 15 is 0 Å². The third-order valence-corrected chi connectivity index (χ3v) is 3.88. The number of carbonyl (C=O) groups excluding carboxylic acids is 2. The van der Waals surface area contributed by atoms with Gasteiger partial charge in [0, 0.05) is 22.9 Å². The second-order valence-electron chi connectivity index (χ2n) is 4.70. The number of amides is 2. The highest BCUT2D eigenvalue weighted by atomic mass is 79.9. The maximum absolute atomic E-state index is 12.6. The molecule has 5 nitrogen and oxygen atoms in total. The van der Waals surface area contributed by atoms with Gasteiger partial charge in [0.25, 0.3) is 5.91 Å². The first-order chi connectivity index (χ1) is 10.1. The van der Waals surface area contributed by atoms with Gasteiger partial charge in [0.05, 0.1) is 0 Å². The van der Waals surface area contributed by atoms with E-state index in [1.807, 2.05) is 24.3 Å². The lowest BCUT2D eigenvalue weighted by Crippen LogP contribution is -2.35. The topological polar surface area (TPSA) is 62.3 Å². The first-order valence-electron chi connectivity index (χ1n) is 6.42. The van der Waals surface area contributed by atoms with Gasteiger partial charge in [0.15, 0.2) is 0 Å². The zero-order valence-corrected chi connectivity index (χ0v) is 12.6. The maximum atomic E-state index is 12.6. The Hall–Kier alpha value is -2.21. The number of anilines is 1. The minimum absolute atomic E-state index is 0.0104. The maximum Gasteiger partial charge on any atom is 0.274 e. The second-order valence-corrected chi connectivity index (χ2v) is 5.55. The standard InChI is InChI=1S/C15H12BrN3O2/c16-11-5-3-7-17-14(11)15(21)19-8-10-4-1-2-6-12(10)18-13(20)9-19/h1-7H,8-9H2,(H,18,20). The fourth-order valence-electron chi connectivity index (χ4n) is 2.24. The zero-order chi connectivity index (χ0) is 14.8. The zero-order valence-electron chi connectivity index (χ0n) is 11.0. The van der Waals surface area contributed by atoms with Crippen LogP contribution in [0.5, 0.6) is 0 Å². The number of nitrogens with zero attached hydrogens (tertiary/aromatic N) is 2. The summed E-state index contributed by atoms with van der Waals surface area (Å²) in [4.78, 5) is 30.1. The predicted molar refractivity (Wildman–Crippen MR) is 81.7 cm³/mol. The van der Waals surface area contributed by atoms with Crippen molar-refractivity contribution < 1.29 is 9.59 Å². The minimum Gasteiger partial charge on any atom is -0.324 e. The van der Waals surface area contributed by atoms with Crippen molar-refractivity contribution in [3.8, 4) is 0 Å². The number of hydrogen-bond donors (Lipinski definition) is 1. The smallest absolute Gasteiger partial charge is 0.274 e. The molecule has 0 unspecified atom stereocenters. The van der Waals surface area contributed by atoms with Crippen LogP contribution in [0.15, 0.2) is 47.1 Å². The summed E-state index contributed by atoms with van der Waals surface area (Å²) >= 11 is 3.32. The Morgan fingerprint density at radius 1 is 1.19 bits per heavy atom. The van der Waals surface area contributed by atoms with Gasteiger partial charge in [0.1, 0.15) is 12.2 Å². The third-order valence-electron chi connectivity index (χ3n) is 3.24. The molecule has 2 amide bonds. The van der Waals surface area contributed by atoms with Gasteiger partial charge in [0.2, 0.25) is 5.91 Å². The van der Waals surface area contributed by atoms with Gasteiger partial charge >= 0.3 is 0 Å². The minimum atomic E-state index is -0.269.